The highest BCUT2D eigenvalue weighted by molar-refractivity contribution is 7.07. The van der Waals surface area contributed by atoms with Crippen LogP contribution in [0.3, 0.4) is 0 Å². The molecule has 4 aromatic rings. The summed E-state index contributed by atoms with van der Waals surface area (Å²) in [5.41, 5.74) is 6.82. The Morgan fingerprint density at radius 2 is 1.81 bits per heavy atom. The zero-order valence-corrected chi connectivity index (χ0v) is 17.5. The van der Waals surface area contributed by atoms with E-state index in [0.717, 1.165) is 34.5 Å². The van der Waals surface area contributed by atoms with Gasteiger partial charge in [0.2, 0.25) is 0 Å². The van der Waals surface area contributed by atoms with E-state index >= 15 is 0 Å². The summed E-state index contributed by atoms with van der Waals surface area (Å²) in [5.74, 6) is 0. The molecular weight excluding hydrogens is 402 g/mol. The van der Waals surface area contributed by atoms with Crippen LogP contribution >= 0.6 is 11.3 Å². The molecule has 1 aliphatic carbocycles. The summed E-state index contributed by atoms with van der Waals surface area (Å²) >= 11 is 1.45. The fourth-order valence-electron chi connectivity index (χ4n) is 4.57. The van der Waals surface area contributed by atoms with Gasteiger partial charge >= 0.3 is 0 Å². The first kappa shape index (κ1) is 18.2. The fourth-order valence-corrected chi connectivity index (χ4v) is 5.57. The predicted molar refractivity (Wildman–Crippen MR) is 123 cm³/mol. The van der Waals surface area contributed by atoms with E-state index < -0.39 is 0 Å². The van der Waals surface area contributed by atoms with Crippen molar-refractivity contribution in [3.05, 3.63) is 127 Å². The SMILES string of the molecule is O=c1/c(=C/c2cccnc2)sc2n1[C@@H](c1ccccc1)C1=C(N=2)c2ccccc2CC1. The van der Waals surface area contributed by atoms with Gasteiger partial charge in [0.1, 0.15) is 0 Å². The Labute approximate surface area is 183 Å². The minimum Gasteiger partial charge on any atom is -0.272 e. The highest BCUT2D eigenvalue weighted by Crippen LogP contribution is 2.41. The molecule has 6 rings (SSSR count). The van der Waals surface area contributed by atoms with E-state index in [1.165, 1.54) is 28.0 Å². The van der Waals surface area contributed by atoms with E-state index in [2.05, 4.69) is 41.4 Å². The molecule has 0 spiro atoms. The Kier molecular flexibility index (Phi) is 4.28. The largest absolute Gasteiger partial charge is 0.272 e. The summed E-state index contributed by atoms with van der Waals surface area (Å²) in [6.45, 7) is 0. The number of rotatable bonds is 2. The van der Waals surface area contributed by atoms with E-state index in [4.69, 9.17) is 4.99 Å². The minimum atomic E-state index is -0.128. The number of fused-ring (bicyclic) bond motifs is 3. The van der Waals surface area contributed by atoms with Gasteiger partial charge in [0.05, 0.1) is 16.3 Å². The van der Waals surface area contributed by atoms with E-state index in [0.29, 0.717) is 4.53 Å². The maximum Gasteiger partial charge on any atom is 0.271 e. The van der Waals surface area contributed by atoms with Crippen LogP contribution in [0.5, 0.6) is 0 Å². The Balaban J connectivity index is 1.65. The molecular formula is C26H19N3OS. The lowest BCUT2D eigenvalue weighted by Gasteiger charge is -2.30. The number of thiazole rings is 1. The molecule has 4 nitrogen and oxygen atoms in total. The molecule has 0 fully saturated rings. The van der Waals surface area contributed by atoms with Gasteiger partial charge in [0, 0.05) is 18.0 Å². The van der Waals surface area contributed by atoms with Crippen LogP contribution in [0.25, 0.3) is 11.8 Å². The van der Waals surface area contributed by atoms with Gasteiger partial charge in [-0.05, 0) is 47.2 Å². The number of hydrogen-bond donors (Lipinski definition) is 0. The van der Waals surface area contributed by atoms with Crippen LogP contribution in [0.15, 0.2) is 94.5 Å². The number of benzene rings is 2. The summed E-state index contributed by atoms with van der Waals surface area (Å²) in [4.78, 5) is 23.5. The van der Waals surface area contributed by atoms with Crippen LogP contribution in [0, 0.1) is 0 Å². The van der Waals surface area contributed by atoms with Gasteiger partial charge in [0.25, 0.3) is 5.56 Å². The van der Waals surface area contributed by atoms with E-state index in [9.17, 15) is 4.79 Å². The van der Waals surface area contributed by atoms with Crippen molar-refractivity contribution in [2.24, 2.45) is 4.99 Å². The zero-order valence-electron chi connectivity index (χ0n) is 16.7. The maximum absolute atomic E-state index is 13.6. The van der Waals surface area contributed by atoms with Crippen LogP contribution in [0.2, 0.25) is 0 Å². The number of pyridine rings is 1. The topological polar surface area (TPSA) is 47.2 Å². The lowest BCUT2D eigenvalue weighted by atomic mass is 9.83. The molecule has 0 N–H and O–H groups in total. The zero-order chi connectivity index (χ0) is 20.8. The second kappa shape index (κ2) is 7.29. The molecule has 0 unspecified atom stereocenters. The normalized spacial score (nSPS) is 17.5. The molecule has 1 atom stereocenters. The Morgan fingerprint density at radius 3 is 2.65 bits per heavy atom. The van der Waals surface area contributed by atoms with Gasteiger partial charge in [0.15, 0.2) is 4.80 Å². The maximum atomic E-state index is 13.6. The Hall–Kier alpha value is -3.57. The second-order valence-corrected chi connectivity index (χ2v) is 8.82. The lowest BCUT2D eigenvalue weighted by Crippen LogP contribution is -2.38. The molecule has 0 amide bonds. The van der Waals surface area contributed by atoms with Crippen molar-refractivity contribution in [1.82, 2.24) is 9.55 Å². The van der Waals surface area contributed by atoms with Gasteiger partial charge in [-0.15, -0.1) is 0 Å². The monoisotopic (exact) mass is 421 g/mol. The van der Waals surface area contributed by atoms with Crippen LogP contribution in [0.4, 0.5) is 0 Å². The number of nitrogens with zero attached hydrogens (tertiary/aromatic N) is 3. The first-order valence-corrected chi connectivity index (χ1v) is 11.2. The molecule has 1 aliphatic heterocycles. The summed E-state index contributed by atoms with van der Waals surface area (Å²) in [7, 11) is 0. The molecule has 0 radical (unpaired) electrons. The van der Waals surface area contributed by atoms with Gasteiger partial charge < -0.3 is 0 Å². The van der Waals surface area contributed by atoms with Crippen molar-refractivity contribution in [2.75, 3.05) is 0 Å². The van der Waals surface area contributed by atoms with E-state index in [1.807, 2.05) is 41.0 Å². The first-order valence-electron chi connectivity index (χ1n) is 10.4. The van der Waals surface area contributed by atoms with Gasteiger partial charge in [-0.3, -0.25) is 14.3 Å². The van der Waals surface area contributed by atoms with Crippen molar-refractivity contribution in [3.63, 3.8) is 0 Å². The van der Waals surface area contributed by atoms with Crippen LogP contribution < -0.4 is 14.9 Å². The smallest absolute Gasteiger partial charge is 0.271 e. The molecule has 31 heavy (non-hydrogen) atoms. The van der Waals surface area contributed by atoms with Crippen molar-refractivity contribution in [1.29, 1.82) is 0 Å². The van der Waals surface area contributed by atoms with Crippen LogP contribution in [-0.4, -0.2) is 9.55 Å². The number of aryl methyl sites for hydroxylation is 1. The minimum absolute atomic E-state index is 0.00636. The number of hydrogen-bond acceptors (Lipinski definition) is 4. The molecule has 0 saturated heterocycles. The molecule has 3 heterocycles. The lowest BCUT2D eigenvalue weighted by molar-refractivity contribution is 0.585. The Morgan fingerprint density at radius 1 is 0.968 bits per heavy atom. The standard InChI is InChI=1S/C26H19N3OS/c30-25-22(15-17-7-6-14-27-16-17)31-26-28-23-20-11-5-4-8-18(20)12-13-21(23)24(29(25)26)19-9-2-1-3-10-19/h1-11,14-16,24H,12-13H2/b22-15-/t24-/m0/s1. The first-order chi connectivity index (χ1) is 15.3. The van der Waals surface area contributed by atoms with Gasteiger partial charge in [-0.1, -0.05) is 72.0 Å². The van der Waals surface area contributed by atoms with Gasteiger partial charge in [-0.25, -0.2) is 4.99 Å². The molecule has 0 saturated carbocycles. The summed E-state index contributed by atoms with van der Waals surface area (Å²) < 4.78 is 2.57. The summed E-state index contributed by atoms with van der Waals surface area (Å²) in [5, 5.41) is 0. The van der Waals surface area contributed by atoms with E-state index in [1.54, 1.807) is 12.4 Å². The second-order valence-electron chi connectivity index (χ2n) is 7.81. The Bertz CT molecular complexity index is 1500. The quantitative estimate of drug-likeness (QED) is 0.495. The van der Waals surface area contributed by atoms with E-state index in [-0.39, 0.29) is 11.6 Å². The van der Waals surface area contributed by atoms with Crippen LogP contribution in [0.1, 0.15) is 34.7 Å². The van der Waals surface area contributed by atoms with Gasteiger partial charge in [-0.2, -0.15) is 0 Å². The molecule has 2 aromatic carbocycles. The van der Waals surface area contributed by atoms with Crippen molar-refractivity contribution in [3.8, 4) is 0 Å². The predicted octanol–water partition coefficient (Wildman–Crippen LogP) is 3.71. The highest BCUT2D eigenvalue weighted by atomic mass is 32.1. The molecule has 2 aromatic heterocycles. The third-order valence-electron chi connectivity index (χ3n) is 5.97. The molecule has 150 valence electrons. The summed E-state index contributed by atoms with van der Waals surface area (Å²) in [6, 6.07) is 22.5. The average Bonchev–Trinajstić information content (AvgIpc) is 3.13. The van der Waals surface area contributed by atoms with Crippen molar-refractivity contribution < 1.29 is 0 Å². The number of allylic oxidation sites excluding steroid dienone is 1. The number of aromatic nitrogens is 2. The molecule has 5 heteroatoms. The fraction of sp³-hybridized carbons (Fsp3) is 0.115. The third-order valence-corrected chi connectivity index (χ3v) is 6.95. The third kappa shape index (κ3) is 3.01. The average molecular weight is 422 g/mol. The molecule has 0 bridgehead atoms. The van der Waals surface area contributed by atoms with Crippen molar-refractivity contribution in [2.45, 2.75) is 18.9 Å². The molecule has 2 aliphatic rings. The highest BCUT2D eigenvalue weighted by Gasteiger charge is 2.32. The summed E-state index contributed by atoms with van der Waals surface area (Å²) in [6.07, 6.45) is 7.29. The van der Waals surface area contributed by atoms with Crippen molar-refractivity contribution >= 4 is 23.1 Å². The van der Waals surface area contributed by atoms with Crippen LogP contribution in [-0.2, 0) is 6.42 Å².